The summed E-state index contributed by atoms with van der Waals surface area (Å²) in [7, 11) is 4.32. The van der Waals surface area contributed by atoms with Crippen LogP contribution >= 0.6 is 11.6 Å². The number of hydrogen-bond acceptors (Lipinski definition) is 4. The van der Waals surface area contributed by atoms with Crippen molar-refractivity contribution in [2.24, 2.45) is 12.1 Å². The maximum Gasteiger partial charge on any atom is 0.431 e. The van der Waals surface area contributed by atoms with Gasteiger partial charge in [0.05, 0.1) is 11.9 Å². The van der Waals surface area contributed by atoms with E-state index < -0.39 is 23.1 Å². The first-order chi connectivity index (χ1) is 11.5. The third-order valence-corrected chi connectivity index (χ3v) is 3.62. The molecule has 2 rings (SSSR count). The minimum Gasteiger partial charge on any atom is -0.303 e. The van der Waals surface area contributed by atoms with Crippen LogP contribution in [-0.2, 0) is 13.2 Å². The Balaban J connectivity index is 2.68. The molecule has 1 heterocycles. The van der Waals surface area contributed by atoms with Gasteiger partial charge in [0.15, 0.2) is 0 Å². The van der Waals surface area contributed by atoms with Gasteiger partial charge in [0.1, 0.15) is 5.69 Å². The highest BCUT2D eigenvalue weighted by Gasteiger charge is 2.35. The molecule has 0 amide bonds. The van der Waals surface area contributed by atoms with E-state index >= 15 is 0 Å². The molecule has 0 spiro atoms. The molecule has 25 heavy (non-hydrogen) atoms. The zero-order chi connectivity index (χ0) is 18.9. The van der Waals surface area contributed by atoms with Gasteiger partial charge in [0, 0.05) is 37.8 Å². The molecule has 10 heteroatoms. The maximum atomic E-state index is 12.9. The number of aromatic nitrogens is 2. The molecule has 0 atom stereocenters. The van der Waals surface area contributed by atoms with Crippen molar-refractivity contribution >= 4 is 17.8 Å². The topological polar surface area (TPSA) is 59.6 Å². The van der Waals surface area contributed by atoms with E-state index in [9.17, 15) is 22.8 Å². The number of rotatable bonds is 3. The molecule has 134 valence electrons. The fourth-order valence-corrected chi connectivity index (χ4v) is 2.25. The summed E-state index contributed by atoms with van der Waals surface area (Å²) in [5, 5.41) is 5.82. The molecule has 0 aliphatic rings. The van der Waals surface area contributed by atoms with Crippen LogP contribution in [0.3, 0.4) is 0 Å². The smallest absolute Gasteiger partial charge is 0.303 e. The first-order valence-electron chi connectivity index (χ1n) is 6.94. The van der Waals surface area contributed by atoms with Crippen LogP contribution in [0.25, 0.3) is 5.69 Å². The molecule has 0 fully saturated rings. The molecular formula is C15H14ClF3N4O2. The molecule has 0 aliphatic carbocycles. The van der Waals surface area contributed by atoms with Crippen molar-refractivity contribution in [2.45, 2.75) is 6.18 Å². The fourth-order valence-electron chi connectivity index (χ4n) is 2.08. The van der Waals surface area contributed by atoms with Crippen molar-refractivity contribution < 1.29 is 13.2 Å². The van der Waals surface area contributed by atoms with Crippen LogP contribution in [0.5, 0.6) is 0 Å². The Hall–Kier alpha value is -2.55. The van der Waals surface area contributed by atoms with E-state index in [1.54, 1.807) is 14.1 Å². The molecule has 0 radical (unpaired) electrons. The minimum atomic E-state index is -4.81. The quantitative estimate of drug-likeness (QED) is 0.610. The second kappa shape index (κ2) is 6.75. The van der Waals surface area contributed by atoms with Crippen molar-refractivity contribution in [3.8, 4) is 5.69 Å². The van der Waals surface area contributed by atoms with E-state index in [1.165, 1.54) is 29.4 Å². The lowest BCUT2D eigenvalue weighted by Gasteiger charge is -2.14. The van der Waals surface area contributed by atoms with Crippen LogP contribution in [0.4, 0.5) is 13.2 Å². The summed E-state index contributed by atoms with van der Waals surface area (Å²) in [5.74, 6) is 0. The zero-order valence-electron chi connectivity index (χ0n) is 13.5. The minimum absolute atomic E-state index is 0.0870. The van der Waals surface area contributed by atoms with Gasteiger partial charge in [-0.2, -0.15) is 18.3 Å². The van der Waals surface area contributed by atoms with Crippen molar-refractivity contribution in [1.29, 1.82) is 0 Å². The van der Waals surface area contributed by atoms with Crippen molar-refractivity contribution in [3.05, 3.63) is 61.4 Å². The predicted octanol–water partition coefficient (Wildman–Crippen LogP) is 2.10. The summed E-state index contributed by atoms with van der Waals surface area (Å²) in [5.41, 5.74) is -3.03. The normalized spacial score (nSPS) is 12.0. The predicted molar refractivity (Wildman–Crippen MR) is 88.6 cm³/mol. The summed E-state index contributed by atoms with van der Waals surface area (Å²) >= 11 is 6.03. The first-order valence-corrected chi connectivity index (χ1v) is 7.31. The average molecular weight is 375 g/mol. The van der Waals surface area contributed by atoms with E-state index in [2.05, 4.69) is 5.10 Å². The summed E-state index contributed by atoms with van der Waals surface area (Å²) in [6, 6.07) is 4.57. The SMILES string of the molecule is CN(C)/N=C/c1cc(-n2c(=O)cc(C(F)(F)F)n(C)c2=O)ccc1Cl. The van der Waals surface area contributed by atoms with Crippen LogP contribution in [0.2, 0.25) is 5.02 Å². The molecule has 1 aromatic carbocycles. The second-order valence-corrected chi connectivity index (χ2v) is 5.75. The molecule has 0 saturated carbocycles. The Morgan fingerprint density at radius 1 is 1.20 bits per heavy atom. The number of hydrazone groups is 1. The van der Waals surface area contributed by atoms with E-state index in [-0.39, 0.29) is 5.69 Å². The molecule has 0 aliphatic heterocycles. The molecule has 1 aromatic heterocycles. The van der Waals surface area contributed by atoms with Gasteiger partial charge in [-0.3, -0.25) is 9.36 Å². The Morgan fingerprint density at radius 3 is 2.40 bits per heavy atom. The highest BCUT2D eigenvalue weighted by Crippen LogP contribution is 2.27. The maximum absolute atomic E-state index is 12.9. The number of benzene rings is 1. The summed E-state index contributed by atoms with van der Waals surface area (Å²) < 4.78 is 39.7. The van der Waals surface area contributed by atoms with Crippen LogP contribution < -0.4 is 11.2 Å². The lowest BCUT2D eigenvalue weighted by atomic mass is 10.2. The summed E-state index contributed by atoms with van der Waals surface area (Å²) in [6.45, 7) is 0. The molecule has 6 nitrogen and oxygen atoms in total. The van der Waals surface area contributed by atoms with Crippen molar-refractivity contribution in [3.63, 3.8) is 0 Å². The lowest BCUT2D eigenvalue weighted by molar-refractivity contribution is -0.144. The van der Waals surface area contributed by atoms with E-state index in [0.717, 1.165) is 7.05 Å². The number of hydrogen-bond donors (Lipinski definition) is 0. The van der Waals surface area contributed by atoms with Crippen molar-refractivity contribution in [1.82, 2.24) is 14.1 Å². The van der Waals surface area contributed by atoms with Gasteiger partial charge in [-0.05, 0) is 18.2 Å². The highest BCUT2D eigenvalue weighted by molar-refractivity contribution is 6.33. The van der Waals surface area contributed by atoms with Gasteiger partial charge >= 0.3 is 11.9 Å². The largest absolute Gasteiger partial charge is 0.431 e. The Kier molecular flexibility index (Phi) is 5.07. The number of halogens is 4. The number of nitrogens with zero attached hydrogens (tertiary/aromatic N) is 4. The van der Waals surface area contributed by atoms with Crippen LogP contribution in [0.15, 0.2) is 39.0 Å². The van der Waals surface area contributed by atoms with Gasteiger partial charge in [-0.15, -0.1) is 0 Å². The second-order valence-electron chi connectivity index (χ2n) is 5.34. The molecule has 0 N–H and O–H groups in total. The third kappa shape index (κ3) is 3.93. The summed E-state index contributed by atoms with van der Waals surface area (Å²) in [4.78, 5) is 24.4. The first kappa shape index (κ1) is 18.8. The van der Waals surface area contributed by atoms with Crippen molar-refractivity contribution in [2.75, 3.05) is 14.1 Å². The molecular weight excluding hydrogens is 361 g/mol. The lowest BCUT2D eigenvalue weighted by Crippen LogP contribution is -2.40. The Bertz CT molecular complexity index is 945. The number of alkyl halides is 3. The Labute approximate surface area is 145 Å². The van der Waals surface area contributed by atoms with Crippen LogP contribution in [0.1, 0.15) is 11.3 Å². The molecule has 0 bridgehead atoms. The van der Waals surface area contributed by atoms with Gasteiger partial charge in [-0.25, -0.2) is 9.36 Å². The standard InChI is InChI=1S/C15H14ClF3N4O2/c1-21(2)20-8-9-6-10(4-5-11(9)16)23-13(24)7-12(15(17,18)19)22(3)14(23)25/h4-8H,1-3H3/b20-8+. The Morgan fingerprint density at radius 2 is 1.84 bits per heavy atom. The van der Waals surface area contributed by atoms with Gasteiger partial charge in [0.2, 0.25) is 0 Å². The van der Waals surface area contributed by atoms with Gasteiger partial charge in [-0.1, -0.05) is 11.6 Å². The molecule has 0 unspecified atom stereocenters. The fraction of sp³-hybridized carbons (Fsp3) is 0.267. The van der Waals surface area contributed by atoms with E-state index in [1.807, 2.05) is 0 Å². The van der Waals surface area contributed by atoms with Crippen LogP contribution in [-0.4, -0.2) is 34.5 Å². The van der Waals surface area contributed by atoms with E-state index in [4.69, 9.17) is 11.6 Å². The molecule has 0 saturated heterocycles. The van der Waals surface area contributed by atoms with Crippen LogP contribution in [0, 0.1) is 0 Å². The molecule has 2 aromatic rings. The third-order valence-electron chi connectivity index (χ3n) is 3.28. The zero-order valence-corrected chi connectivity index (χ0v) is 14.3. The summed E-state index contributed by atoms with van der Waals surface area (Å²) in [6.07, 6.45) is -3.40. The van der Waals surface area contributed by atoms with Gasteiger partial charge < -0.3 is 5.01 Å². The highest BCUT2D eigenvalue weighted by atomic mass is 35.5. The average Bonchev–Trinajstić information content (AvgIpc) is 2.50. The van der Waals surface area contributed by atoms with Gasteiger partial charge in [0.25, 0.3) is 5.56 Å². The van der Waals surface area contributed by atoms with E-state index in [0.29, 0.717) is 25.8 Å². The monoisotopic (exact) mass is 374 g/mol.